The van der Waals surface area contributed by atoms with Crippen LogP contribution in [-0.2, 0) is 59.1 Å². The number of primary amides is 1. The van der Waals surface area contributed by atoms with Crippen molar-refractivity contribution in [2.75, 3.05) is 32.1 Å². The van der Waals surface area contributed by atoms with E-state index in [-0.39, 0.29) is 67.3 Å². The Morgan fingerprint density at radius 2 is 1.31 bits per heavy atom. The van der Waals surface area contributed by atoms with E-state index in [1.54, 1.807) is 45.0 Å². The Labute approximate surface area is 732 Å². The lowest BCUT2D eigenvalue weighted by Crippen LogP contribution is -2.65. The van der Waals surface area contributed by atoms with E-state index in [4.69, 9.17) is 57.4 Å². The van der Waals surface area contributed by atoms with Crippen molar-refractivity contribution in [2.45, 2.75) is 177 Å². The van der Waals surface area contributed by atoms with Crippen LogP contribution in [-0.4, -0.2) is 216 Å². The molecule has 7 aliphatic rings. The second-order valence-electron chi connectivity index (χ2n) is 31.0. The maximum atomic E-state index is 16.3. The van der Waals surface area contributed by atoms with Crippen molar-refractivity contribution in [3.05, 3.63) is 176 Å². The number of likely N-dealkylation sites (N-methyl/N-ethyl adjacent to an activating group) is 1. The van der Waals surface area contributed by atoms with Gasteiger partial charge in [-0.3, -0.25) is 48.6 Å². The van der Waals surface area contributed by atoms with Crippen molar-refractivity contribution in [2.24, 2.45) is 11.7 Å². The van der Waals surface area contributed by atoms with Gasteiger partial charge in [0.2, 0.25) is 53.4 Å². The summed E-state index contributed by atoms with van der Waals surface area (Å²) >= 11 is 14.3. The van der Waals surface area contributed by atoms with Gasteiger partial charge in [0.15, 0.2) is 23.9 Å². The van der Waals surface area contributed by atoms with Gasteiger partial charge >= 0.3 is 6.36 Å². The van der Waals surface area contributed by atoms with Gasteiger partial charge in [-0.05, 0) is 158 Å². The van der Waals surface area contributed by atoms with Crippen LogP contribution in [0.15, 0.2) is 127 Å². The number of aliphatic hydroxyl groups excluding tert-OH is 7. The second-order valence-corrected chi connectivity index (χ2v) is 31.8. The van der Waals surface area contributed by atoms with Crippen molar-refractivity contribution in [1.29, 1.82) is 0 Å². The molecule has 682 valence electrons. The molecule has 7 aromatic carbocycles. The summed E-state index contributed by atoms with van der Waals surface area (Å²) in [5.74, 6) is -16.9. The van der Waals surface area contributed by atoms with E-state index >= 15 is 24.0 Å². The fraction of sp³-hybridized carbons (Fsp3) is 0.393. The molecule has 0 aromatic heterocycles. The average Bonchev–Trinajstić information content (AvgIpc) is 0.609. The van der Waals surface area contributed by atoms with Gasteiger partial charge in [0, 0.05) is 53.5 Å². The molecule has 38 nitrogen and oxygen atoms in total. The maximum absolute atomic E-state index is 16.3. The molecule has 7 heterocycles. The molecule has 0 spiro atoms. The summed E-state index contributed by atoms with van der Waals surface area (Å²) < 4.78 is 81.7. The molecule has 18 unspecified atom stereocenters. The number of phenolic OH excluding ortho intramolecular Hbond substituents is 3. The normalized spacial score (nSPS) is 25.7. The standard InChI is InChI=1S/C83H91Cl2F3N12O26.CH4/c1-34(2)22-49(90-5)74(113)98-64-66(107)39-11-18-53(47(84)24-39)121-55-26-41-27-56(70(55)125-81-71(69(110)68(109)57(33-102)123-81)124-59-31-82(4,72(111)35(3)120-59)91-32-36-6-13-42(14-7-36)93-73(112)37-8-15-44(16-9-37)126-83(86,87)88)122-54-19-12-40(25-48(54)85)67(108)65-79(118)97-63(80(119)100-92-20-21-101)46-28-43(103)29-52(105)60(46)45-23-38(10-17-51(45)104)61(76(115)99-65)96-77(116)62(41)95-75(114)50(30-58(89)106)94-78(64)117;/h6-19,23-29,34-35,49-50,57,59,61-69,71-72,81,90-92,101-105,107-111H,20-22,30-33H2,1-5H3,(H2,89,106)(H,93,112)(H,94,117)(H,95,114)(H,96,116)(H,97,118)(H,98,113)(H,99,115)(H,100,119);1H4. The summed E-state index contributed by atoms with van der Waals surface area (Å²) in [5, 5.41) is 139. The number of hydrogen-bond donors (Lipinski definition) is 22. The van der Waals surface area contributed by atoms with Crippen LogP contribution < -0.4 is 83.4 Å². The van der Waals surface area contributed by atoms with Crippen LogP contribution in [0.2, 0.25) is 10.0 Å². The number of phenols is 3. The number of rotatable bonds is 22. The zero-order valence-corrected chi connectivity index (χ0v) is 68.9. The number of hydrogen-bond acceptors (Lipinski definition) is 29. The van der Waals surface area contributed by atoms with E-state index in [0.29, 0.717) is 11.3 Å². The molecule has 0 saturated carbocycles. The molecule has 0 aliphatic carbocycles. The molecular formula is C84H95Cl2F3N12O26. The molecule has 7 aliphatic heterocycles. The molecular weight excluding hydrogens is 1720 g/mol. The third-order valence-electron chi connectivity index (χ3n) is 21.5. The number of ether oxygens (including phenoxy) is 7. The lowest BCUT2D eigenvalue weighted by molar-refractivity contribution is -0.334. The Bertz CT molecular complexity index is 5260. The van der Waals surface area contributed by atoms with Gasteiger partial charge < -0.3 is 138 Å². The summed E-state index contributed by atoms with van der Waals surface area (Å²) in [6.45, 7) is 4.89. The van der Waals surface area contributed by atoms with Crippen molar-refractivity contribution in [1.82, 2.24) is 53.4 Å². The van der Waals surface area contributed by atoms with E-state index in [9.17, 15) is 83.4 Å². The van der Waals surface area contributed by atoms with E-state index in [1.165, 1.54) is 26.1 Å². The Hall–Kier alpha value is -11.8. The lowest BCUT2D eigenvalue weighted by Gasteiger charge is -2.48. The molecule has 2 fully saturated rings. The topological polar surface area (TPSA) is 579 Å². The monoisotopic (exact) mass is 1810 g/mol. The summed E-state index contributed by atoms with van der Waals surface area (Å²) in [6.07, 6.45) is -24.5. The highest BCUT2D eigenvalue weighted by Crippen LogP contribution is 2.50. The van der Waals surface area contributed by atoms with Crippen LogP contribution in [0.5, 0.6) is 51.7 Å². The Morgan fingerprint density at radius 3 is 1.92 bits per heavy atom. The van der Waals surface area contributed by atoms with E-state index < -0.39 is 267 Å². The first-order valence-corrected chi connectivity index (χ1v) is 40.1. The highest BCUT2D eigenvalue weighted by molar-refractivity contribution is 6.32. The number of fused-ring (bicyclic) bond motifs is 15. The minimum absolute atomic E-state index is 0. The molecule has 11 bridgehead atoms. The predicted octanol–water partition coefficient (Wildman–Crippen LogP) is 3.25. The first-order chi connectivity index (χ1) is 59.7. The second kappa shape index (κ2) is 40.5. The largest absolute Gasteiger partial charge is 0.573 e. The van der Waals surface area contributed by atoms with E-state index in [0.717, 1.165) is 91.0 Å². The fourth-order valence-electron chi connectivity index (χ4n) is 14.9. The Morgan fingerprint density at radius 1 is 0.693 bits per heavy atom. The van der Waals surface area contributed by atoms with Crippen molar-refractivity contribution in [3.8, 4) is 62.9 Å². The lowest BCUT2D eigenvalue weighted by atomic mass is 9.84. The van der Waals surface area contributed by atoms with Crippen LogP contribution in [0.4, 0.5) is 18.9 Å². The zero-order valence-electron chi connectivity index (χ0n) is 67.4. The minimum atomic E-state index is -4.96. The predicted molar refractivity (Wildman–Crippen MR) is 442 cm³/mol. The number of aliphatic hydroxyl groups is 7. The smallest absolute Gasteiger partial charge is 0.508 e. The van der Waals surface area contributed by atoms with Gasteiger partial charge in [-0.15, -0.1) is 13.2 Å². The molecule has 9 amide bonds. The summed E-state index contributed by atoms with van der Waals surface area (Å²) in [7, 11) is 1.46. The van der Waals surface area contributed by atoms with Crippen molar-refractivity contribution in [3.63, 3.8) is 0 Å². The molecule has 0 radical (unpaired) electrons. The summed E-state index contributed by atoms with van der Waals surface area (Å²) in [5.41, 5.74) is 7.24. The highest BCUT2D eigenvalue weighted by Gasteiger charge is 2.53. The molecule has 2 saturated heterocycles. The van der Waals surface area contributed by atoms with Crippen LogP contribution in [0.3, 0.4) is 0 Å². The number of halogens is 5. The molecule has 18 atom stereocenters. The van der Waals surface area contributed by atoms with Gasteiger partial charge in [0.05, 0.1) is 47.9 Å². The first-order valence-electron chi connectivity index (χ1n) is 39.3. The van der Waals surface area contributed by atoms with Gasteiger partial charge in [0.25, 0.3) is 11.8 Å². The maximum Gasteiger partial charge on any atom is 0.573 e. The number of anilines is 1. The summed E-state index contributed by atoms with van der Waals surface area (Å²) in [6, 6.07) is 9.86. The number of alkyl halides is 3. The van der Waals surface area contributed by atoms with Crippen molar-refractivity contribution < 1.29 is 141 Å². The fourth-order valence-corrected chi connectivity index (χ4v) is 15.4. The number of nitrogens with two attached hydrogens (primary N) is 1. The van der Waals surface area contributed by atoms with Crippen LogP contribution >= 0.6 is 23.2 Å². The average molecular weight is 1820 g/mol. The number of amides is 9. The number of nitrogens with one attached hydrogen (secondary N) is 11. The molecule has 7 aromatic rings. The minimum Gasteiger partial charge on any atom is -0.508 e. The quantitative estimate of drug-likeness (QED) is 0.0342. The molecule has 14 rings (SSSR count). The molecule has 127 heavy (non-hydrogen) atoms. The molecule has 23 N–H and O–H groups in total. The Kier molecular flexibility index (Phi) is 30.5. The third-order valence-corrected chi connectivity index (χ3v) is 22.0. The number of carbonyl (C=O) groups is 9. The van der Waals surface area contributed by atoms with Gasteiger partial charge in [-0.1, -0.05) is 74.8 Å². The summed E-state index contributed by atoms with van der Waals surface area (Å²) in [4.78, 5) is 133. The Balaban J connectivity index is 0.0000156. The number of aromatic hydroxyl groups is 3. The third kappa shape index (κ3) is 22.3. The molecule has 43 heteroatoms. The van der Waals surface area contributed by atoms with Gasteiger partial charge in [0.1, 0.15) is 101 Å². The van der Waals surface area contributed by atoms with E-state index in [2.05, 4.69) is 63.4 Å². The highest BCUT2D eigenvalue weighted by atomic mass is 35.5. The van der Waals surface area contributed by atoms with Crippen LogP contribution in [0, 0.1) is 5.92 Å². The SMILES string of the molecule is C.CNC(CC(C)C)C(=O)NC1C(=O)NC(CC(N)=O)C(=O)NC2C(=O)NC3C(=O)NC(C(=O)NC(C(=O)NNCCO)c4cc(O)cc(O)c4-c4cc3ccc4O)C(O)c3ccc(c(Cl)c3)Oc3cc2cc(c3OC2OC(CO)C(O)C(O)C2OC2CC(C)(NCc3ccc(NC(=O)c4ccc(OC(F)(F)F)cc4)cc3)C(O)C(C)O2)Oc2ccc(cc2Cl)C1O. The zero-order chi connectivity index (χ0) is 91.2. The van der Waals surface area contributed by atoms with Gasteiger partial charge in [-0.2, -0.15) is 0 Å². The van der Waals surface area contributed by atoms with E-state index in [1.807, 2.05) is 0 Å². The number of benzene rings is 7. The van der Waals surface area contributed by atoms with Crippen molar-refractivity contribution >= 4 is 82.1 Å². The van der Waals surface area contributed by atoms with Gasteiger partial charge in [-0.25, -0.2) is 5.43 Å². The van der Waals surface area contributed by atoms with Crippen LogP contribution in [0.25, 0.3) is 11.1 Å². The number of carbonyl (C=O) groups excluding carboxylic acids is 9. The first kappa shape index (κ1) is 95.9. The number of hydrazine groups is 1. The van der Waals surface area contributed by atoms with Crippen LogP contribution in [0.1, 0.15) is 128 Å².